The van der Waals surface area contributed by atoms with Gasteiger partial charge in [0.15, 0.2) is 5.76 Å². The molecule has 3 aliphatic rings. The highest BCUT2D eigenvalue weighted by molar-refractivity contribution is 6.11. The molecule has 0 amide bonds. The topological polar surface area (TPSA) is 40.0 Å². The minimum absolute atomic E-state index is 0.0287. The Morgan fingerprint density at radius 3 is 3.13 bits per heavy atom. The summed E-state index contributed by atoms with van der Waals surface area (Å²) in [5, 5.41) is 0. The number of quaternary nitrogens is 1. The SMILES string of the molecule is C[NH+]1C=C2C(=O)C3=C(C=C2CC1)OCO3. The van der Waals surface area contributed by atoms with E-state index >= 15 is 0 Å². The zero-order valence-electron chi connectivity index (χ0n) is 8.50. The summed E-state index contributed by atoms with van der Waals surface area (Å²) in [5.41, 5.74) is 1.86. The van der Waals surface area contributed by atoms with E-state index < -0.39 is 0 Å². The van der Waals surface area contributed by atoms with Crippen LogP contribution < -0.4 is 4.90 Å². The lowest BCUT2D eigenvalue weighted by Gasteiger charge is -2.22. The lowest BCUT2D eigenvalue weighted by atomic mass is 9.91. The van der Waals surface area contributed by atoms with Gasteiger partial charge in [0.25, 0.3) is 0 Å². The van der Waals surface area contributed by atoms with Crippen LogP contribution in [0.25, 0.3) is 0 Å². The molecule has 1 N–H and O–H groups in total. The molecule has 1 unspecified atom stereocenters. The van der Waals surface area contributed by atoms with Crippen LogP contribution in [0.5, 0.6) is 0 Å². The maximum Gasteiger partial charge on any atom is 0.237 e. The molecule has 1 atom stereocenters. The van der Waals surface area contributed by atoms with Crippen molar-refractivity contribution in [3.63, 3.8) is 0 Å². The summed E-state index contributed by atoms with van der Waals surface area (Å²) in [4.78, 5) is 13.3. The Morgan fingerprint density at radius 1 is 1.40 bits per heavy atom. The summed E-state index contributed by atoms with van der Waals surface area (Å²) < 4.78 is 10.4. The van der Waals surface area contributed by atoms with Crippen molar-refractivity contribution in [2.75, 3.05) is 20.4 Å². The van der Waals surface area contributed by atoms with Crippen LogP contribution in [0.2, 0.25) is 0 Å². The molecule has 1 aliphatic carbocycles. The van der Waals surface area contributed by atoms with Crippen molar-refractivity contribution in [3.05, 3.63) is 34.9 Å². The molecule has 78 valence electrons. The smallest absolute Gasteiger partial charge is 0.237 e. The number of carbonyl (C=O) groups excluding carboxylic acids is 1. The number of fused-ring (bicyclic) bond motifs is 1. The van der Waals surface area contributed by atoms with Gasteiger partial charge in [0.05, 0.1) is 19.2 Å². The number of ether oxygens (including phenoxy) is 2. The van der Waals surface area contributed by atoms with Crippen LogP contribution in [0.3, 0.4) is 0 Å². The number of nitrogens with one attached hydrogen (secondary N) is 1. The van der Waals surface area contributed by atoms with Gasteiger partial charge >= 0.3 is 0 Å². The van der Waals surface area contributed by atoms with Gasteiger partial charge in [-0.25, -0.2) is 0 Å². The summed E-state index contributed by atoms with van der Waals surface area (Å²) in [5.74, 6) is 0.949. The molecule has 2 heterocycles. The Hall–Kier alpha value is -1.55. The van der Waals surface area contributed by atoms with Gasteiger partial charge in [-0.05, 0) is 11.6 Å². The third-order valence-electron chi connectivity index (χ3n) is 2.92. The zero-order chi connectivity index (χ0) is 10.4. The van der Waals surface area contributed by atoms with E-state index in [0.717, 1.165) is 24.1 Å². The number of rotatable bonds is 0. The molecular formula is C11H12NO3+. The maximum absolute atomic E-state index is 12.0. The fourth-order valence-electron chi connectivity index (χ4n) is 2.09. The van der Waals surface area contributed by atoms with Gasteiger partial charge < -0.3 is 14.4 Å². The molecule has 4 heteroatoms. The Labute approximate surface area is 87.5 Å². The van der Waals surface area contributed by atoms with E-state index in [9.17, 15) is 4.79 Å². The first-order valence-electron chi connectivity index (χ1n) is 5.05. The first-order valence-corrected chi connectivity index (χ1v) is 5.05. The summed E-state index contributed by atoms with van der Waals surface area (Å²) in [7, 11) is 2.05. The van der Waals surface area contributed by atoms with Gasteiger partial charge in [0.2, 0.25) is 18.3 Å². The molecule has 0 spiro atoms. The Bertz CT molecular complexity index is 431. The fraction of sp³-hybridized carbons (Fsp3) is 0.364. The highest BCUT2D eigenvalue weighted by atomic mass is 16.7. The quantitative estimate of drug-likeness (QED) is 0.581. The molecule has 0 bridgehead atoms. The molecule has 0 radical (unpaired) electrons. The number of allylic oxidation sites excluding steroid dienone is 2. The molecular weight excluding hydrogens is 194 g/mol. The van der Waals surface area contributed by atoms with Gasteiger partial charge in [-0.15, -0.1) is 0 Å². The van der Waals surface area contributed by atoms with Crippen LogP contribution in [0, 0.1) is 0 Å². The summed E-state index contributed by atoms with van der Waals surface area (Å²) in [6.07, 6.45) is 4.81. The van der Waals surface area contributed by atoms with Crippen molar-refractivity contribution in [2.24, 2.45) is 0 Å². The van der Waals surface area contributed by atoms with Gasteiger partial charge in [-0.2, -0.15) is 0 Å². The van der Waals surface area contributed by atoms with E-state index in [4.69, 9.17) is 9.47 Å². The molecule has 0 aromatic heterocycles. The number of hydrogen-bond donors (Lipinski definition) is 1. The molecule has 0 saturated carbocycles. The molecule has 0 aromatic rings. The van der Waals surface area contributed by atoms with Crippen molar-refractivity contribution < 1.29 is 19.2 Å². The fourth-order valence-corrected chi connectivity index (χ4v) is 2.09. The van der Waals surface area contributed by atoms with E-state index in [1.807, 2.05) is 19.3 Å². The number of carbonyl (C=O) groups is 1. The number of hydrogen-bond acceptors (Lipinski definition) is 3. The molecule has 2 aliphatic heterocycles. The largest absolute Gasteiger partial charge is 0.453 e. The predicted octanol–water partition coefficient (Wildman–Crippen LogP) is -0.486. The Kier molecular flexibility index (Phi) is 1.73. The second-order valence-electron chi connectivity index (χ2n) is 4.00. The maximum atomic E-state index is 12.0. The van der Waals surface area contributed by atoms with Gasteiger partial charge in [-0.1, -0.05) is 0 Å². The Balaban J connectivity index is 2.09. The molecule has 3 rings (SSSR count). The van der Waals surface area contributed by atoms with E-state index in [2.05, 4.69) is 0 Å². The van der Waals surface area contributed by atoms with Crippen LogP contribution >= 0.6 is 0 Å². The first kappa shape index (κ1) is 8.73. The second-order valence-corrected chi connectivity index (χ2v) is 4.00. The molecule has 15 heavy (non-hydrogen) atoms. The van der Waals surface area contributed by atoms with Crippen molar-refractivity contribution in [3.8, 4) is 0 Å². The third kappa shape index (κ3) is 1.22. The summed E-state index contributed by atoms with van der Waals surface area (Å²) >= 11 is 0. The predicted molar refractivity (Wildman–Crippen MR) is 51.6 cm³/mol. The average Bonchev–Trinajstić information content (AvgIpc) is 2.68. The lowest BCUT2D eigenvalue weighted by Crippen LogP contribution is -3.05. The highest BCUT2D eigenvalue weighted by Crippen LogP contribution is 2.32. The van der Waals surface area contributed by atoms with E-state index in [-0.39, 0.29) is 12.6 Å². The molecule has 0 fully saturated rings. The number of ketones is 1. The van der Waals surface area contributed by atoms with Crippen molar-refractivity contribution in [1.82, 2.24) is 0 Å². The normalized spacial score (nSPS) is 28.6. The molecule has 4 nitrogen and oxygen atoms in total. The monoisotopic (exact) mass is 206 g/mol. The van der Waals surface area contributed by atoms with Crippen LogP contribution in [-0.2, 0) is 14.3 Å². The zero-order valence-corrected chi connectivity index (χ0v) is 8.50. The second kappa shape index (κ2) is 2.97. The van der Waals surface area contributed by atoms with E-state index in [1.54, 1.807) is 0 Å². The van der Waals surface area contributed by atoms with Crippen molar-refractivity contribution >= 4 is 5.78 Å². The van der Waals surface area contributed by atoms with Gasteiger partial charge in [-0.3, -0.25) is 4.79 Å². The van der Waals surface area contributed by atoms with E-state index in [0.29, 0.717) is 11.5 Å². The minimum atomic E-state index is -0.0287. The molecule has 0 saturated heterocycles. The minimum Gasteiger partial charge on any atom is -0.453 e. The van der Waals surface area contributed by atoms with Gasteiger partial charge in [0.1, 0.15) is 6.20 Å². The average molecular weight is 206 g/mol. The summed E-state index contributed by atoms with van der Waals surface area (Å²) in [6, 6.07) is 0. The van der Waals surface area contributed by atoms with Crippen LogP contribution in [0.15, 0.2) is 34.9 Å². The van der Waals surface area contributed by atoms with Crippen molar-refractivity contribution in [1.29, 1.82) is 0 Å². The Morgan fingerprint density at radius 2 is 2.27 bits per heavy atom. The highest BCUT2D eigenvalue weighted by Gasteiger charge is 2.35. The number of Topliss-reactive ketones (excluding diaryl/α,β-unsaturated/α-hetero) is 1. The van der Waals surface area contributed by atoms with Crippen LogP contribution in [0.4, 0.5) is 0 Å². The van der Waals surface area contributed by atoms with Crippen LogP contribution in [0.1, 0.15) is 6.42 Å². The standard InChI is InChI=1S/C11H11NO3/c1-12-3-2-7-4-9-11(15-6-14-9)10(13)8(7)5-12/h4-5H,2-3,6H2,1H3/p+1. The lowest BCUT2D eigenvalue weighted by molar-refractivity contribution is -0.826. The third-order valence-corrected chi connectivity index (χ3v) is 2.92. The summed E-state index contributed by atoms with van der Waals surface area (Å²) in [6.45, 7) is 1.18. The van der Waals surface area contributed by atoms with Crippen molar-refractivity contribution in [2.45, 2.75) is 6.42 Å². The van der Waals surface area contributed by atoms with Gasteiger partial charge in [0, 0.05) is 6.42 Å². The first-order chi connectivity index (χ1) is 7.25. The van der Waals surface area contributed by atoms with E-state index in [1.165, 1.54) is 4.90 Å². The molecule has 0 aromatic carbocycles. The van der Waals surface area contributed by atoms with Crippen LogP contribution in [-0.4, -0.2) is 26.2 Å².